The molecule has 0 saturated carbocycles. The number of carbonyl (C=O) groups is 1. The van der Waals surface area contributed by atoms with E-state index in [-0.39, 0.29) is 16.8 Å². The summed E-state index contributed by atoms with van der Waals surface area (Å²) in [5, 5.41) is 2.22. The first-order chi connectivity index (χ1) is 13.4. The normalized spacial score (nSPS) is 17.5. The van der Waals surface area contributed by atoms with Gasteiger partial charge in [0.2, 0.25) is 0 Å². The van der Waals surface area contributed by atoms with E-state index < -0.39 is 11.7 Å². The second-order valence-electron chi connectivity index (χ2n) is 5.84. The molecule has 1 aliphatic rings. The highest BCUT2D eigenvalue weighted by Crippen LogP contribution is 2.33. The Labute approximate surface area is 161 Å². The summed E-state index contributed by atoms with van der Waals surface area (Å²) in [6, 6.07) is 10.0. The van der Waals surface area contributed by atoms with Crippen molar-refractivity contribution in [2.45, 2.75) is 6.18 Å². The Hall–Kier alpha value is -3.20. The molecule has 5 nitrogen and oxygen atoms in total. The van der Waals surface area contributed by atoms with Crippen LogP contribution in [0.4, 0.5) is 23.7 Å². The topological polar surface area (TPSA) is 67.2 Å². The van der Waals surface area contributed by atoms with Gasteiger partial charge >= 0.3 is 6.18 Å². The summed E-state index contributed by atoms with van der Waals surface area (Å²) in [5.74, 6) is 0.202. The minimum Gasteiger partial charge on any atom is -0.300 e. The molecule has 2 aromatic carbocycles. The molecule has 2 heterocycles. The number of amidine groups is 1. The molecular formula is C19H11F3N4OS. The van der Waals surface area contributed by atoms with E-state index in [1.807, 2.05) is 6.07 Å². The van der Waals surface area contributed by atoms with E-state index in [4.69, 9.17) is 0 Å². The third-order valence-electron chi connectivity index (χ3n) is 3.86. The van der Waals surface area contributed by atoms with Crippen molar-refractivity contribution in [1.82, 2.24) is 15.3 Å². The van der Waals surface area contributed by atoms with Crippen molar-refractivity contribution in [2.24, 2.45) is 4.99 Å². The van der Waals surface area contributed by atoms with Crippen LogP contribution in [0.3, 0.4) is 0 Å². The Bertz CT molecular complexity index is 1140. The van der Waals surface area contributed by atoms with Gasteiger partial charge in [-0.15, -0.1) is 0 Å². The van der Waals surface area contributed by atoms with Crippen molar-refractivity contribution in [1.29, 1.82) is 0 Å². The van der Waals surface area contributed by atoms with Crippen LogP contribution in [0.25, 0.3) is 17.1 Å². The molecule has 1 amide bonds. The van der Waals surface area contributed by atoms with E-state index in [2.05, 4.69) is 20.3 Å². The highest BCUT2D eigenvalue weighted by molar-refractivity contribution is 8.18. The molecule has 28 heavy (non-hydrogen) atoms. The number of carbonyl (C=O) groups excluding carboxylic acids is 1. The number of aromatic nitrogens is 2. The second kappa shape index (κ2) is 7.08. The third-order valence-corrected chi connectivity index (χ3v) is 4.68. The minimum absolute atomic E-state index is 0.0999. The summed E-state index contributed by atoms with van der Waals surface area (Å²) >= 11 is 0.925. The Morgan fingerprint density at radius 2 is 1.82 bits per heavy atom. The molecule has 1 saturated heterocycles. The van der Waals surface area contributed by atoms with Gasteiger partial charge in [0.25, 0.3) is 5.24 Å². The summed E-state index contributed by atoms with van der Waals surface area (Å²) in [6.07, 6.45) is 0.433. The molecular weight excluding hydrogens is 389 g/mol. The fourth-order valence-electron chi connectivity index (χ4n) is 2.62. The van der Waals surface area contributed by atoms with Crippen LogP contribution in [0.5, 0.6) is 0 Å². The number of nitrogens with one attached hydrogen (secondary N) is 1. The molecule has 0 unspecified atom stereocenters. The first-order valence-electron chi connectivity index (χ1n) is 8.06. The number of amides is 1. The third kappa shape index (κ3) is 3.89. The minimum atomic E-state index is -4.46. The largest absolute Gasteiger partial charge is 0.416 e. The van der Waals surface area contributed by atoms with Crippen molar-refractivity contribution < 1.29 is 18.0 Å². The molecule has 1 N–H and O–H groups in total. The zero-order chi connectivity index (χ0) is 19.7. The highest BCUT2D eigenvalue weighted by Gasteiger charge is 2.30. The van der Waals surface area contributed by atoms with Crippen molar-refractivity contribution in [3.8, 4) is 0 Å². The molecule has 0 spiro atoms. The number of thioether (sulfide) groups is 1. The van der Waals surface area contributed by atoms with Crippen LogP contribution in [0.1, 0.15) is 11.1 Å². The van der Waals surface area contributed by atoms with Crippen LogP contribution in [0.15, 0.2) is 64.8 Å². The Morgan fingerprint density at radius 1 is 1.04 bits per heavy atom. The zero-order valence-electron chi connectivity index (χ0n) is 14.1. The standard InChI is InChI=1S/C19H11F3N4OS/c20-19(21,22)12-2-1-3-13(10-12)25-17-16(28-18(27)26-17)9-11-4-5-14-15(8-11)24-7-6-23-14/h1-10H,(H,25,26,27)/b16-9+. The molecule has 0 atom stereocenters. The maximum absolute atomic E-state index is 12.9. The summed E-state index contributed by atoms with van der Waals surface area (Å²) in [7, 11) is 0. The number of aliphatic imine (C=N–C) groups is 1. The van der Waals surface area contributed by atoms with E-state index >= 15 is 0 Å². The number of hydrogen-bond acceptors (Lipinski definition) is 5. The van der Waals surface area contributed by atoms with Gasteiger partial charge in [-0.2, -0.15) is 13.2 Å². The van der Waals surface area contributed by atoms with Gasteiger partial charge < -0.3 is 5.32 Å². The Balaban J connectivity index is 1.71. The van der Waals surface area contributed by atoms with Gasteiger partial charge in [-0.25, -0.2) is 4.99 Å². The smallest absolute Gasteiger partial charge is 0.300 e. The molecule has 0 aliphatic carbocycles. The van der Waals surface area contributed by atoms with Crippen LogP contribution >= 0.6 is 11.8 Å². The molecule has 0 bridgehead atoms. The quantitative estimate of drug-likeness (QED) is 0.644. The lowest BCUT2D eigenvalue weighted by Crippen LogP contribution is -2.18. The van der Waals surface area contributed by atoms with Crippen molar-refractivity contribution in [2.75, 3.05) is 0 Å². The van der Waals surface area contributed by atoms with Crippen LogP contribution in [-0.2, 0) is 6.18 Å². The van der Waals surface area contributed by atoms with Gasteiger partial charge in [0.1, 0.15) is 5.84 Å². The molecule has 4 rings (SSSR count). The fourth-order valence-corrected chi connectivity index (χ4v) is 3.35. The highest BCUT2D eigenvalue weighted by atomic mass is 32.2. The van der Waals surface area contributed by atoms with E-state index in [0.717, 1.165) is 35.0 Å². The fraction of sp³-hybridized carbons (Fsp3) is 0.0526. The second-order valence-corrected chi connectivity index (χ2v) is 6.85. The summed E-state index contributed by atoms with van der Waals surface area (Å²) in [5.41, 5.74) is 1.49. The van der Waals surface area contributed by atoms with Crippen LogP contribution < -0.4 is 5.32 Å². The van der Waals surface area contributed by atoms with Crippen LogP contribution in [0, 0.1) is 0 Å². The predicted octanol–water partition coefficient (Wildman–Crippen LogP) is 5.18. The van der Waals surface area contributed by atoms with Gasteiger partial charge in [0, 0.05) is 12.4 Å². The first-order valence-corrected chi connectivity index (χ1v) is 8.88. The average molecular weight is 400 g/mol. The van der Waals surface area contributed by atoms with Gasteiger partial charge in [0.05, 0.1) is 27.2 Å². The lowest BCUT2D eigenvalue weighted by molar-refractivity contribution is -0.137. The lowest BCUT2D eigenvalue weighted by Gasteiger charge is -2.07. The number of benzene rings is 2. The van der Waals surface area contributed by atoms with Crippen molar-refractivity contribution in [3.63, 3.8) is 0 Å². The van der Waals surface area contributed by atoms with Gasteiger partial charge in [-0.1, -0.05) is 12.1 Å². The summed E-state index contributed by atoms with van der Waals surface area (Å²) in [4.78, 5) is 24.9. The number of fused-ring (bicyclic) bond motifs is 1. The van der Waals surface area contributed by atoms with E-state index in [1.165, 1.54) is 12.1 Å². The first kappa shape index (κ1) is 18.2. The number of hydrogen-bond donors (Lipinski definition) is 1. The maximum Gasteiger partial charge on any atom is 0.416 e. The SMILES string of the molecule is O=C1NC(=Nc2cccc(C(F)(F)F)c2)/C(=C\c2ccc3nccnc3c2)S1. The number of rotatable bonds is 2. The molecule has 140 valence electrons. The molecule has 1 aliphatic heterocycles. The summed E-state index contributed by atoms with van der Waals surface area (Å²) < 4.78 is 38.7. The number of nitrogens with zero attached hydrogens (tertiary/aromatic N) is 3. The van der Waals surface area contributed by atoms with Crippen LogP contribution in [-0.4, -0.2) is 21.0 Å². The monoisotopic (exact) mass is 400 g/mol. The van der Waals surface area contributed by atoms with E-state index in [1.54, 1.807) is 30.6 Å². The molecule has 1 aromatic heterocycles. The zero-order valence-corrected chi connectivity index (χ0v) is 14.9. The van der Waals surface area contributed by atoms with Gasteiger partial charge in [-0.3, -0.25) is 14.8 Å². The predicted molar refractivity (Wildman–Crippen MR) is 102 cm³/mol. The van der Waals surface area contributed by atoms with Gasteiger partial charge in [0.15, 0.2) is 0 Å². The Kier molecular flexibility index (Phi) is 4.60. The Morgan fingerprint density at radius 3 is 2.61 bits per heavy atom. The molecule has 3 aromatic rings. The van der Waals surface area contributed by atoms with E-state index in [0.29, 0.717) is 10.4 Å². The summed E-state index contributed by atoms with van der Waals surface area (Å²) in [6.45, 7) is 0. The lowest BCUT2D eigenvalue weighted by atomic mass is 10.1. The van der Waals surface area contributed by atoms with Crippen molar-refractivity contribution in [3.05, 3.63) is 70.9 Å². The maximum atomic E-state index is 12.9. The molecule has 9 heteroatoms. The average Bonchev–Trinajstić information content (AvgIpc) is 3.00. The van der Waals surface area contributed by atoms with Gasteiger partial charge in [-0.05, 0) is 53.7 Å². The molecule has 0 radical (unpaired) electrons. The van der Waals surface area contributed by atoms with E-state index in [9.17, 15) is 18.0 Å². The van der Waals surface area contributed by atoms with Crippen molar-refractivity contribution >= 4 is 45.6 Å². The number of halogens is 3. The number of alkyl halides is 3. The van der Waals surface area contributed by atoms with Crippen LogP contribution in [0.2, 0.25) is 0 Å². The molecule has 1 fully saturated rings.